The van der Waals surface area contributed by atoms with E-state index in [4.69, 9.17) is 4.42 Å². The molecular weight excluding hydrogens is 367 g/mol. The van der Waals surface area contributed by atoms with Gasteiger partial charge in [-0.3, -0.25) is 9.59 Å². The first-order chi connectivity index (χ1) is 13.1. The highest BCUT2D eigenvalue weighted by molar-refractivity contribution is 7.10. The van der Waals surface area contributed by atoms with E-state index in [1.165, 1.54) is 29.7 Å². The van der Waals surface area contributed by atoms with E-state index in [2.05, 4.69) is 10.6 Å². The smallest absolute Gasteiger partial charge is 0.286 e. The molecule has 1 atom stereocenters. The predicted octanol–water partition coefficient (Wildman–Crippen LogP) is 3.90. The number of rotatable bonds is 8. The topological polar surface area (TPSA) is 71.3 Å². The second-order valence-corrected chi connectivity index (χ2v) is 6.88. The summed E-state index contributed by atoms with van der Waals surface area (Å²) in [7, 11) is 0. The Morgan fingerprint density at radius 1 is 1.11 bits per heavy atom. The van der Waals surface area contributed by atoms with Gasteiger partial charge in [-0.25, -0.2) is 4.39 Å². The molecule has 1 aromatic carbocycles. The molecule has 2 amide bonds. The van der Waals surface area contributed by atoms with Crippen molar-refractivity contribution in [2.24, 2.45) is 0 Å². The molecule has 3 aromatic rings. The average molecular weight is 386 g/mol. The highest BCUT2D eigenvalue weighted by atomic mass is 32.1. The zero-order valence-electron chi connectivity index (χ0n) is 14.5. The fourth-order valence-electron chi connectivity index (χ4n) is 2.61. The lowest BCUT2D eigenvalue weighted by Gasteiger charge is -2.18. The predicted molar refractivity (Wildman–Crippen MR) is 101 cm³/mol. The summed E-state index contributed by atoms with van der Waals surface area (Å²) in [5.41, 5.74) is 0.818. The maximum atomic E-state index is 13.2. The molecule has 0 fully saturated rings. The van der Waals surface area contributed by atoms with Gasteiger partial charge in [-0.2, -0.15) is 0 Å². The minimum Gasteiger partial charge on any atom is -0.459 e. The SMILES string of the molecule is O=C(CCCNC(=O)c1ccco1)N[C@@H](c1ccc(F)cc1)c1cccs1. The maximum absolute atomic E-state index is 13.2. The molecule has 3 rings (SSSR count). The van der Waals surface area contributed by atoms with Crippen LogP contribution in [-0.4, -0.2) is 18.4 Å². The second-order valence-electron chi connectivity index (χ2n) is 5.90. The summed E-state index contributed by atoms with van der Waals surface area (Å²) in [6.07, 6.45) is 2.20. The van der Waals surface area contributed by atoms with Crippen LogP contribution in [0.3, 0.4) is 0 Å². The van der Waals surface area contributed by atoms with Crippen LogP contribution >= 0.6 is 11.3 Å². The lowest BCUT2D eigenvalue weighted by molar-refractivity contribution is -0.121. The summed E-state index contributed by atoms with van der Waals surface area (Å²) >= 11 is 1.53. The number of carbonyl (C=O) groups excluding carboxylic acids is 2. The van der Waals surface area contributed by atoms with Crippen LogP contribution in [0, 0.1) is 5.82 Å². The molecule has 0 spiro atoms. The van der Waals surface area contributed by atoms with Crippen molar-refractivity contribution in [1.82, 2.24) is 10.6 Å². The zero-order chi connectivity index (χ0) is 19.1. The van der Waals surface area contributed by atoms with Crippen molar-refractivity contribution in [2.45, 2.75) is 18.9 Å². The fourth-order valence-corrected chi connectivity index (χ4v) is 3.41. The van der Waals surface area contributed by atoms with Gasteiger partial charge in [0, 0.05) is 17.8 Å². The van der Waals surface area contributed by atoms with Crippen molar-refractivity contribution in [3.63, 3.8) is 0 Å². The summed E-state index contributed by atoms with van der Waals surface area (Å²) in [5, 5.41) is 7.63. The number of carbonyl (C=O) groups is 2. The number of hydrogen-bond donors (Lipinski definition) is 2. The lowest BCUT2D eigenvalue weighted by atomic mass is 10.0. The third-order valence-corrected chi connectivity index (χ3v) is 4.88. The minimum atomic E-state index is -0.323. The van der Waals surface area contributed by atoms with E-state index in [0.29, 0.717) is 13.0 Å². The molecule has 0 aliphatic rings. The summed E-state index contributed by atoms with van der Waals surface area (Å²) in [5.74, 6) is -0.510. The molecule has 7 heteroatoms. The minimum absolute atomic E-state index is 0.134. The molecule has 0 aliphatic carbocycles. The van der Waals surface area contributed by atoms with Crippen LogP contribution in [0.5, 0.6) is 0 Å². The van der Waals surface area contributed by atoms with Crippen molar-refractivity contribution in [3.8, 4) is 0 Å². The van der Waals surface area contributed by atoms with Crippen LogP contribution < -0.4 is 10.6 Å². The average Bonchev–Trinajstić information content (AvgIpc) is 3.38. The van der Waals surface area contributed by atoms with E-state index in [0.717, 1.165) is 10.4 Å². The molecule has 0 unspecified atom stereocenters. The van der Waals surface area contributed by atoms with Gasteiger partial charge in [0.05, 0.1) is 12.3 Å². The van der Waals surface area contributed by atoms with Crippen LogP contribution in [0.15, 0.2) is 64.6 Å². The summed E-state index contributed by atoms with van der Waals surface area (Å²) in [6, 6.07) is 12.8. The highest BCUT2D eigenvalue weighted by Crippen LogP contribution is 2.26. The van der Waals surface area contributed by atoms with Crippen LogP contribution in [-0.2, 0) is 4.79 Å². The van der Waals surface area contributed by atoms with Gasteiger partial charge < -0.3 is 15.1 Å². The first-order valence-corrected chi connectivity index (χ1v) is 9.41. The van der Waals surface area contributed by atoms with Gasteiger partial charge in [0.15, 0.2) is 5.76 Å². The molecule has 0 bridgehead atoms. The molecule has 27 heavy (non-hydrogen) atoms. The quantitative estimate of drug-likeness (QED) is 0.577. The first kappa shape index (κ1) is 18.8. The number of amides is 2. The van der Waals surface area contributed by atoms with E-state index in [9.17, 15) is 14.0 Å². The molecule has 2 heterocycles. The van der Waals surface area contributed by atoms with Crippen molar-refractivity contribution in [3.05, 3.63) is 82.2 Å². The van der Waals surface area contributed by atoms with Gasteiger partial charge in [-0.1, -0.05) is 18.2 Å². The van der Waals surface area contributed by atoms with Gasteiger partial charge in [-0.05, 0) is 47.7 Å². The Bertz CT molecular complexity index is 861. The summed E-state index contributed by atoms with van der Waals surface area (Å²) in [6.45, 7) is 0.368. The van der Waals surface area contributed by atoms with E-state index >= 15 is 0 Å². The van der Waals surface area contributed by atoms with Gasteiger partial charge in [0.1, 0.15) is 5.82 Å². The molecule has 2 aromatic heterocycles. The molecule has 140 valence electrons. The largest absolute Gasteiger partial charge is 0.459 e. The Morgan fingerprint density at radius 3 is 2.59 bits per heavy atom. The second kappa shape index (κ2) is 9.14. The Kier molecular flexibility index (Phi) is 6.38. The number of nitrogens with one attached hydrogen (secondary N) is 2. The fraction of sp³-hybridized carbons (Fsp3) is 0.200. The lowest BCUT2D eigenvalue weighted by Crippen LogP contribution is -2.30. The van der Waals surface area contributed by atoms with Crippen molar-refractivity contribution < 1.29 is 18.4 Å². The van der Waals surface area contributed by atoms with Crippen molar-refractivity contribution in [2.75, 3.05) is 6.54 Å². The zero-order valence-corrected chi connectivity index (χ0v) is 15.3. The van der Waals surface area contributed by atoms with Gasteiger partial charge in [-0.15, -0.1) is 11.3 Å². The molecule has 2 N–H and O–H groups in total. The van der Waals surface area contributed by atoms with Crippen molar-refractivity contribution >= 4 is 23.2 Å². The summed E-state index contributed by atoms with van der Waals surface area (Å²) < 4.78 is 18.2. The molecule has 0 saturated carbocycles. The first-order valence-electron chi connectivity index (χ1n) is 8.53. The van der Waals surface area contributed by atoms with Crippen LogP contribution in [0.1, 0.15) is 39.9 Å². The summed E-state index contributed by atoms with van der Waals surface area (Å²) in [4.78, 5) is 25.1. The number of hydrogen-bond acceptors (Lipinski definition) is 4. The number of thiophene rings is 1. The van der Waals surface area contributed by atoms with E-state index in [-0.39, 0.29) is 35.9 Å². The Morgan fingerprint density at radius 2 is 1.93 bits per heavy atom. The molecule has 0 saturated heterocycles. The number of halogens is 1. The Balaban J connectivity index is 1.52. The van der Waals surface area contributed by atoms with Crippen LogP contribution in [0.2, 0.25) is 0 Å². The molecule has 0 radical (unpaired) electrons. The van der Waals surface area contributed by atoms with E-state index in [1.54, 1.807) is 24.3 Å². The number of furan rings is 1. The standard InChI is InChI=1S/C20H19FN2O3S/c21-15-9-7-14(8-10-15)19(17-5-3-13-27-17)23-18(24)6-1-11-22-20(25)16-4-2-12-26-16/h2-5,7-10,12-13,19H,1,6,11H2,(H,22,25)(H,23,24)/t19-/m0/s1. The monoisotopic (exact) mass is 386 g/mol. The molecule has 5 nitrogen and oxygen atoms in total. The third kappa shape index (κ3) is 5.27. The van der Waals surface area contributed by atoms with Crippen molar-refractivity contribution in [1.29, 1.82) is 0 Å². The van der Waals surface area contributed by atoms with Crippen LogP contribution in [0.4, 0.5) is 4.39 Å². The normalized spacial score (nSPS) is 11.7. The van der Waals surface area contributed by atoms with E-state index < -0.39 is 0 Å². The Hall–Kier alpha value is -2.93. The number of benzene rings is 1. The van der Waals surface area contributed by atoms with Gasteiger partial charge in [0.2, 0.25) is 5.91 Å². The maximum Gasteiger partial charge on any atom is 0.286 e. The third-order valence-electron chi connectivity index (χ3n) is 3.95. The van der Waals surface area contributed by atoms with Gasteiger partial charge in [0.25, 0.3) is 5.91 Å². The Labute approximate surface area is 160 Å². The van der Waals surface area contributed by atoms with Gasteiger partial charge >= 0.3 is 0 Å². The molecule has 0 aliphatic heterocycles. The van der Waals surface area contributed by atoms with E-state index in [1.807, 2.05) is 17.5 Å². The van der Waals surface area contributed by atoms with Crippen LogP contribution in [0.25, 0.3) is 0 Å². The molecular formula is C20H19FN2O3S. The highest BCUT2D eigenvalue weighted by Gasteiger charge is 2.18.